The van der Waals surface area contributed by atoms with Crippen LogP contribution in [0.4, 0.5) is 0 Å². The van der Waals surface area contributed by atoms with Gasteiger partial charge in [-0.25, -0.2) is 0 Å². The summed E-state index contributed by atoms with van der Waals surface area (Å²) >= 11 is 6.30. The second-order valence-electron chi connectivity index (χ2n) is 5.43. The highest BCUT2D eigenvalue weighted by atomic mass is 35.5. The number of hydrogen-bond acceptors (Lipinski definition) is 1. The van der Waals surface area contributed by atoms with E-state index in [0.717, 1.165) is 5.71 Å². The van der Waals surface area contributed by atoms with Crippen LogP contribution in [0.25, 0.3) is 10.8 Å². The standard InChI is InChI=1S/C17H20ClN/c1-12(19-13(2)17(3,4)18)15-11-7-9-14-8-5-6-10-16(14)15/h5-12H,1-4H3/t12-/m0/s1. The zero-order valence-electron chi connectivity index (χ0n) is 11.9. The molecule has 0 fully saturated rings. The molecule has 0 aromatic heterocycles. The third-order valence-electron chi connectivity index (χ3n) is 3.52. The fourth-order valence-electron chi connectivity index (χ4n) is 2.13. The molecule has 100 valence electrons. The number of halogens is 1. The minimum atomic E-state index is -0.390. The van der Waals surface area contributed by atoms with Crippen molar-refractivity contribution in [3.63, 3.8) is 0 Å². The van der Waals surface area contributed by atoms with Crippen LogP contribution in [0, 0.1) is 0 Å². The maximum absolute atomic E-state index is 6.30. The number of aliphatic imine (C=N–C) groups is 1. The van der Waals surface area contributed by atoms with E-state index in [1.165, 1.54) is 16.3 Å². The van der Waals surface area contributed by atoms with Crippen molar-refractivity contribution in [1.29, 1.82) is 0 Å². The van der Waals surface area contributed by atoms with Crippen molar-refractivity contribution in [1.82, 2.24) is 0 Å². The summed E-state index contributed by atoms with van der Waals surface area (Å²) in [6, 6.07) is 14.9. The molecule has 0 aliphatic rings. The van der Waals surface area contributed by atoms with Gasteiger partial charge in [-0.2, -0.15) is 0 Å². The van der Waals surface area contributed by atoms with Crippen molar-refractivity contribution < 1.29 is 0 Å². The van der Waals surface area contributed by atoms with Gasteiger partial charge in [0.05, 0.1) is 10.9 Å². The Kier molecular flexibility index (Phi) is 3.96. The first kappa shape index (κ1) is 14.1. The second-order valence-corrected chi connectivity index (χ2v) is 6.38. The Bertz CT molecular complexity index is 603. The summed E-state index contributed by atoms with van der Waals surface area (Å²) in [7, 11) is 0. The van der Waals surface area contributed by atoms with Crippen molar-refractivity contribution in [2.75, 3.05) is 0 Å². The quantitative estimate of drug-likeness (QED) is 0.526. The first-order chi connectivity index (χ1) is 8.89. The SMILES string of the molecule is CC(=N[C@@H](C)c1cccc2ccccc12)C(C)(C)Cl. The summed E-state index contributed by atoms with van der Waals surface area (Å²) in [5.41, 5.74) is 2.22. The second kappa shape index (κ2) is 5.34. The third-order valence-corrected chi connectivity index (χ3v) is 3.79. The van der Waals surface area contributed by atoms with Crippen molar-refractivity contribution in [3.8, 4) is 0 Å². The lowest BCUT2D eigenvalue weighted by Gasteiger charge is -2.18. The largest absolute Gasteiger partial charge is 0.285 e. The first-order valence-corrected chi connectivity index (χ1v) is 6.99. The Morgan fingerprint density at radius 1 is 1.11 bits per heavy atom. The lowest BCUT2D eigenvalue weighted by atomic mass is 9.99. The molecule has 2 heteroatoms. The lowest BCUT2D eigenvalue weighted by molar-refractivity contribution is 0.801. The average molecular weight is 274 g/mol. The van der Waals surface area contributed by atoms with Gasteiger partial charge in [-0.3, -0.25) is 4.99 Å². The molecular formula is C17H20ClN. The fraction of sp³-hybridized carbons (Fsp3) is 0.353. The van der Waals surface area contributed by atoms with Crippen LogP contribution in [0.5, 0.6) is 0 Å². The minimum Gasteiger partial charge on any atom is -0.285 e. The Hall–Kier alpha value is -1.34. The summed E-state index contributed by atoms with van der Waals surface area (Å²) in [5, 5.41) is 2.52. The smallest absolute Gasteiger partial charge is 0.0763 e. The molecule has 2 aromatic carbocycles. The van der Waals surface area contributed by atoms with Gasteiger partial charge < -0.3 is 0 Å². The van der Waals surface area contributed by atoms with Gasteiger partial charge in [-0.05, 0) is 44.0 Å². The van der Waals surface area contributed by atoms with E-state index in [4.69, 9.17) is 16.6 Å². The Labute approximate surface area is 120 Å². The molecule has 0 saturated carbocycles. The summed E-state index contributed by atoms with van der Waals surface area (Å²) in [5.74, 6) is 0. The average Bonchev–Trinajstić information content (AvgIpc) is 2.36. The molecular weight excluding hydrogens is 254 g/mol. The highest BCUT2D eigenvalue weighted by molar-refractivity contribution is 6.35. The monoisotopic (exact) mass is 273 g/mol. The van der Waals surface area contributed by atoms with Gasteiger partial charge in [0, 0.05) is 5.71 Å². The summed E-state index contributed by atoms with van der Waals surface area (Å²) in [4.78, 5) is 4.36. The van der Waals surface area contributed by atoms with E-state index in [-0.39, 0.29) is 6.04 Å². The molecule has 1 nitrogen and oxygen atoms in total. The molecule has 0 N–H and O–H groups in total. The van der Waals surface area contributed by atoms with E-state index < -0.39 is 4.87 Å². The highest BCUT2D eigenvalue weighted by Crippen LogP contribution is 2.28. The van der Waals surface area contributed by atoms with Gasteiger partial charge in [0.15, 0.2) is 0 Å². The lowest BCUT2D eigenvalue weighted by Crippen LogP contribution is -2.22. The predicted molar refractivity (Wildman–Crippen MR) is 85.4 cm³/mol. The van der Waals surface area contributed by atoms with Crippen LogP contribution in [0.15, 0.2) is 47.5 Å². The zero-order valence-corrected chi connectivity index (χ0v) is 12.7. The number of rotatable bonds is 3. The number of nitrogens with zero attached hydrogens (tertiary/aromatic N) is 1. The molecule has 0 heterocycles. The first-order valence-electron chi connectivity index (χ1n) is 6.61. The molecule has 0 unspecified atom stereocenters. The van der Waals surface area contributed by atoms with E-state index in [2.05, 4.69) is 49.4 Å². The molecule has 0 aliphatic carbocycles. The van der Waals surface area contributed by atoms with Crippen LogP contribution in [0.2, 0.25) is 0 Å². The molecule has 19 heavy (non-hydrogen) atoms. The van der Waals surface area contributed by atoms with Crippen molar-refractivity contribution in [3.05, 3.63) is 48.0 Å². The van der Waals surface area contributed by atoms with Crippen LogP contribution in [0.1, 0.15) is 39.3 Å². The fourth-order valence-corrected chi connectivity index (χ4v) is 2.18. The van der Waals surface area contributed by atoms with E-state index in [1.54, 1.807) is 0 Å². The van der Waals surface area contributed by atoms with Gasteiger partial charge in [0.25, 0.3) is 0 Å². The predicted octanol–water partition coefficient (Wildman–Crippen LogP) is 5.38. The van der Waals surface area contributed by atoms with Crippen LogP contribution in [-0.2, 0) is 0 Å². The molecule has 1 atom stereocenters. The Morgan fingerprint density at radius 2 is 1.74 bits per heavy atom. The highest BCUT2D eigenvalue weighted by Gasteiger charge is 2.18. The van der Waals surface area contributed by atoms with E-state index in [0.29, 0.717) is 0 Å². The number of alkyl halides is 1. The van der Waals surface area contributed by atoms with Gasteiger partial charge in [0.1, 0.15) is 0 Å². The van der Waals surface area contributed by atoms with Crippen LogP contribution in [-0.4, -0.2) is 10.6 Å². The topological polar surface area (TPSA) is 12.4 Å². The Morgan fingerprint density at radius 3 is 2.42 bits per heavy atom. The van der Waals surface area contributed by atoms with Gasteiger partial charge >= 0.3 is 0 Å². The Balaban J connectivity index is 2.45. The zero-order chi connectivity index (χ0) is 14.0. The minimum absolute atomic E-state index is 0.115. The molecule has 2 aromatic rings. The summed E-state index contributed by atoms with van der Waals surface area (Å²) in [6.45, 7) is 8.06. The van der Waals surface area contributed by atoms with Gasteiger partial charge in [0.2, 0.25) is 0 Å². The van der Waals surface area contributed by atoms with Crippen molar-refractivity contribution in [2.45, 2.75) is 38.6 Å². The maximum Gasteiger partial charge on any atom is 0.0763 e. The normalized spacial score (nSPS) is 14.7. The summed E-state index contributed by atoms with van der Waals surface area (Å²) < 4.78 is 0. The van der Waals surface area contributed by atoms with Crippen LogP contribution >= 0.6 is 11.6 Å². The molecule has 0 radical (unpaired) electrons. The van der Waals surface area contributed by atoms with E-state index >= 15 is 0 Å². The van der Waals surface area contributed by atoms with Crippen molar-refractivity contribution in [2.24, 2.45) is 4.99 Å². The molecule has 0 amide bonds. The molecule has 0 bridgehead atoms. The van der Waals surface area contributed by atoms with Gasteiger partial charge in [-0.1, -0.05) is 42.5 Å². The van der Waals surface area contributed by atoms with Gasteiger partial charge in [-0.15, -0.1) is 11.6 Å². The summed E-state index contributed by atoms with van der Waals surface area (Å²) in [6.07, 6.45) is 0. The molecule has 0 aliphatic heterocycles. The maximum atomic E-state index is 6.30. The molecule has 0 saturated heterocycles. The van der Waals surface area contributed by atoms with E-state index in [9.17, 15) is 0 Å². The van der Waals surface area contributed by atoms with Crippen molar-refractivity contribution >= 4 is 28.1 Å². The number of hydrogen-bond donors (Lipinski definition) is 0. The van der Waals surface area contributed by atoms with Crippen LogP contribution < -0.4 is 0 Å². The third kappa shape index (κ3) is 3.16. The molecule has 2 rings (SSSR count). The van der Waals surface area contributed by atoms with E-state index in [1.807, 2.05) is 20.8 Å². The number of benzene rings is 2. The molecule has 0 spiro atoms. The van der Waals surface area contributed by atoms with Crippen LogP contribution in [0.3, 0.4) is 0 Å². The number of fused-ring (bicyclic) bond motifs is 1.